The number of benzene rings is 4. The second-order valence-electron chi connectivity index (χ2n) is 7.91. The van der Waals surface area contributed by atoms with E-state index in [4.69, 9.17) is 14.7 Å². The van der Waals surface area contributed by atoms with Crippen LogP contribution in [0.2, 0.25) is 0 Å². The van der Waals surface area contributed by atoms with E-state index in [1.807, 2.05) is 91.0 Å². The molecular weight excluding hydrogens is 396 g/mol. The van der Waals surface area contributed by atoms with E-state index in [1.165, 1.54) is 0 Å². The molecule has 0 radical (unpaired) electrons. The predicted molar refractivity (Wildman–Crippen MR) is 128 cm³/mol. The summed E-state index contributed by atoms with van der Waals surface area (Å²) in [5.41, 5.74) is 4.42. The van der Waals surface area contributed by atoms with Gasteiger partial charge in [0.25, 0.3) is 0 Å². The van der Waals surface area contributed by atoms with Gasteiger partial charge in [0.05, 0.1) is 5.71 Å². The van der Waals surface area contributed by atoms with Gasteiger partial charge < -0.3 is 9.84 Å². The quantitative estimate of drug-likeness (QED) is 0.472. The third-order valence-corrected chi connectivity index (χ3v) is 5.92. The zero-order chi connectivity index (χ0) is 21.5. The molecule has 32 heavy (non-hydrogen) atoms. The minimum atomic E-state index is -0.487. The predicted octanol–water partition coefficient (Wildman–Crippen LogP) is 5.60. The molecule has 0 aromatic heterocycles. The highest BCUT2D eigenvalue weighted by molar-refractivity contribution is 6.16. The van der Waals surface area contributed by atoms with Crippen molar-refractivity contribution < 1.29 is 9.84 Å². The van der Waals surface area contributed by atoms with Crippen LogP contribution in [0.4, 0.5) is 0 Å². The van der Waals surface area contributed by atoms with Crippen LogP contribution in [0.5, 0.6) is 5.75 Å². The van der Waals surface area contributed by atoms with E-state index in [1.54, 1.807) is 6.07 Å². The smallest absolute Gasteiger partial charge is 0.219 e. The van der Waals surface area contributed by atoms with E-state index in [9.17, 15) is 5.11 Å². The zero-order valence-electron chi connectivity index (χ0n) is 17.2. The first-order chi connectivity index (χ1) is 15.8. The fraction of sp³-hybridized carbons (Fsp3) is 0.0714. The van der Waals surface area contributed by atoms with Gasteiger partial charge in [-0.2, -0.15) is 0 Å². The highest BCUT2D eigenvalue weighted by Crippen LogP contribution is 2.41. The molecule has 0 spiro atoms. The van der Waals surface area contributed by atoms with Crippen LogP contribution in [0, 0.1) is 0 Å². The molecule has 154 valence electrons. The Bertz CT molecular complexity index is 1410. The molecule has 0 aliphatic carbocycles. The van der Waals surface area contributed by atoms with E-state index in [0.717, 1.165) is 38.7 Å². The minimum Gasteiger partial charge on any atom is -0.507 e. The molecule has 0 saturated carbocycles. The van der Waals surface area contributed by atoms with Crippen molar-refractivity contribution in [3.63, 3.8) is 0 Å². The molecule has 0 bridgehead atoms. The Balaban J connectivity index is 1.56. The van der Waals surface area contributed by atoms with Crippen molar-refractivity contribution in [2.75, 3.05) is 0 Å². The lowest BCUT2D eigenvalue weighted by Crippen LogP contribution is -2.28. The number of nitrogens with zero attached hydrogens (tertiary/aromatic N) is 2. The number of fused-ring (bicyclic) bond motifs is 2. The molecule has 2 heterocycles. The van der Waals surface area contributed by atoms with Crippen molar-refractivity contribution in [1.29, 1.82) is 0 Å². The van der Waals surface area contributed by atoms with Gasteiger partial charge in [0.2, 0.25) is 12.1 Å². The number of hydrogen-bond acceptors (Lipinski definition) is 4. The molecular formula is C28H20N2O2. The van der Waals surface area contributed by atoms with Crippen molar-refractivity contribution >= 4 is 28.0 Å². The maximum absolute atomic E-state index is 11.0. The Morgan fingerprint density at radius 2 is 1.38 bits per heavy atom. The average Bonchev–Trinajstić information content (AvgIpc) is 3.29. The van der Waals surface area contributed by atoms with Crippen molar-refractivity contribution in [3.8, 4) is 5.75 Å². The molecule has 0 saturated heterocycles. The largest absolute Gasteiger partial charge is 0.507 e. The van der Waals surface area contributed by atoms with Gasteiger partial charge >= 0.3 is 0 Å². The van der Waals surface area contributed by atoms with Gasteiger partial charge in [0.1, 0.15) is 11.8 Å². The molecule has 1 N–H and O–H groups in total. The van der Waals surface area contributed by atoms with Gasteiger partial charge in [-0.15, -0.1) is 0 Å². The summed E-state index contributed by atoms with van der Waals surface area (Å²) in [6, 6.07) is 31.3. The van der Waals surface area contributed by atoms with Crippen LogP contribution in [0.1, 0.15) is 16.7 Å². The molecule has 4 heteroatoms. The number of allylic oxidation sites excluding steroid dienone is 1. The summed E-state index contributed by atoms with van der Waals surface area (Å²) in [6.07, 6.45) is 1.55. The zero-order valence-corrected chi connectivity index (χ0v) is 17.2. The summed E-state index contributed by atoms with van der Waals surface area (Å²) in [7, 11) is 0. The summed E-state index contributed by atoms with van der Waals surface area (Å²) in [5.74, 6) is 0.802. The third-order valence-electron chi connectivity index (χ3n) is 5.92. The summed E-state index contributed by atoms with van der Waals surface area (Å²) in [4.78, 5) is 9.82. The Morgan fingerprint density at radius 1 is 0.688 bits per heavy atom. The third kappa shape index (κ3) is 3.08. The second kappa shape index (κ2) is 7.50. The van der Waals surface area contributed by atoms with Crippen LogP contribution in [0.15, 0.2) is 113 Å². The van der Waals surface area contributed by atoms with Crippen LogP contribution in [0.3, 0.4) is 0 Å². The Morgan fingerprint density at radius 3 is 2.16 bits per heavy atom. The summed E-state index contributed by atoms with van der Waals surface area (Å²) >= 11 is 0. The van der Waals surface area contributed by atoms with Gasteiger partial charge in [0, 0.05) is 11.1 Å². The minimum absolute atomic E-state index is 0.228. The average molecular weight is 416 g/mol. The van der Waals surface area contributed by atoms with E-state index in [0.29, 0.717) is 5.90 Å². The molecule has 2 atom stereocenters. The highest BCUT2D eigenvalue weighted by atomic mass is 16.5. The van der Waals surface area contributed by atoms with Crippen molar-refractivity contribution in [1.82, 2.24) is 0 Å². The molecule has 2 aliphatic rings. The molecule has 4 nitrogen and oxygen atoms in total. The van der Waals surface area contributed by atoms with Crippen LogP contribution >= 0.6 is 0 Å². The standard InChI is InChI=1S/C28H20N2O2/c31-24-16-15-18-9-7-8-14-21(18)25(24)22-17-23(19-10-3-1-4-11-19)29-28-26(22)30-27(32-28)20-12-5-2-6-13-20/h1-17,26,28,31H. The Hall–Kier alpha value is -4.18. The lowest BCUT2D eigenvalue weighted by molar-refractivity contribution is 0.218. The lowest BCUT2D eigenvalue weighted by atomic mass is 9.88. The number of hydrogen-bond donors (Lipinski definition) is 1. The van der Waals surface area contributed by atoms with Gasteiger partial charge in [-0.3, -0.25) is 0 Å². The summed E-state index contributed by atoms with van der Waals surface area (Å²) < 4.78 is 6.25. The highest BCUT2D eigenvalue weighted by Gasteiger charge is 2.38. The number of rotatable bonds is 3. The fourth-order valence-electron chi connectivity index (χ4n) is 4.40. The summed E-state index contributed by atoms with van der Waals surface area (Å²) in [5, 5.41) is 13.0. The Labute approximate surface area is 185 Å². The SMILES string of the molecule is Oc1ccc2ccccc2c1C1=CC(c2ccccc2)=NC2OC(c3ccccc3)=NC12. The lowest BCUT2D eigenvalue weighted by Gasteiger charge is -2.24. The van der Waals surface area contributed by atoms with E-state index in [2.05, 4.69) is 6.07 Å². The number of aromatic hydroxyl groups is 1. The molecule has 2 unspecified atom stereocenters. The first-order valence-electron chi connectivity index (χ1n) is 10.6. The van der Waals surface area contributed by atoms with Gasteiger partial charge in [-0.1, -0.05) is 78.9 Å². The molecule has 4 aromatic carbocycles. The first kappa shape index (κ1) is 18.6. The number of ether oxygens (including phenoxy) is 1. The number of dihydropyridines is 1. The normalized spacial score (nSPS) is 19.6. The molecule has 2 aliphatic heterocycles. The monoisotopic (exact) mass is 416 g/mol. The molecule has 0 amide bonds. The molecule has 4 aromatic rings. The number of phenols is 1. The van der Waals surface area contributed by atoms with Crippen molar-refractivity contribution in [2.24, 2.45) is 9.98 Å². The maximum Gasteiger partial charge on any atom is 0.219 e. The second-order valence-corrected chi connectivity index (χ2v) is 7.91. The van der Waals surface area contributed by atoms with E-state index < -0.39 is 6.23 Å². The van der Waals surface area contributed by atoms with Gasteiger partial charge in [-0.05, 0) is 46.2 Å². The van der Waals surface area contributed by atoms with Gasteiger partial charge in [0.15, 0.2) is 0 Å². The van der Waals surface area contributed by atoms with Crippen molar-refractivity contribution in [3.05, 3.63) is 120 Å². The Kier molecular flexibility index (Phi) is 4.36. The fourth-order valence-corrected chi connectivity index (χ4v) is 4.40. The van der Waals surface area contributed by atoms with Gasteiger partial charge in [-0.25, -0.2) is 9.98 Å². The topological polar surface area (TPSA) is 54.2 Å². The number of phenolic OH excluding ortho intramolecular Hbond substituents is 1. The van der Waals surface area contributed by atoms with Crippen LogP contribution in [0.25, 0.3) is 16.3 Å². The first-order valence-corrected chi connectivity index (χ1v) is 10.6. The summed E-state index contributed by atoms with van der Waals surface area (Å²) in [6.45, 7) is 0. The molecule has 0 fully saturated rings. The van der Waals surface area contributed by atoms with Crippen LogP contribution in [-0.4, -0.2) is 29.0 Å². The van der Waals surface area contributed by atoms with Crippen LogP contribution in [-0.2, 0) is 4.74 Å². The van der Waals surface area contributed by atoms with Crippen molar-refractivity contribution in [2.45, 2.75) is 12.3 Å². The van der Waals surface area contributed by atoms with Crippen LogP contribution < -0.4 is 0 Å². The number of aliphatic imine (C=N–C) groups is 2. The maximum atomic E-state index is 11.0. The van der Waals surface area contributed by atoms with E-state index in [-0.39, 0.29) is 11.8 Å². The van der Waals surface area contributed by atoms with E-state index >= 15 is 0 Å². The molecule has 6 rings (SSSR count).